The van der Waals surface area contributed by atoms with E-state index in [2.05, 4.69) is 6.58 Å². The molecule has 14 heavy (non-hydrogen) atoms. The van der Waals surface area contributed by atoms with Gasteiger partial charge in [-0.25, -0.2) is 9.18 Å². The first kappa shape index (κ1) is 12.6. The molecule has 0 bridgehead atoms. The van der Waals surface area contributed by atoms with E-state index in [-0.39, 0.29) is 6.42 Å². The maximum Gasteiger partial charge on any atom is 0.350 e. The molecule has 0 amide bonds. The number of halogens is 2. The van der Waals surface area contributed by atoms with E-state index in [4.69, 9.17) is 21.8 Å². The lowest BCUT2D eigenvalue weighted by Crippen LogP contribution is -2.15. The van der Waals surface area contributed by atoms with E-state index in [1.54, 1.807) is 0 Å². The number of hydrogen-bond acceptors (Lipinski definition) is 2. The fourth-order valence-corrected chi connectivity index (χ4v) is 0.866. The Bertz CT molecular complexity index is 298. The monoisotopic (exact) mass is 222 g/mol. The summed E-state index contributed by atoms with van der Waals surface area (Å²) in [4.78, 5) is 20.7. The molecule has 4 nitrogen and oxygen atoms in total. The van der Waals surface area contributed by atoms with Crippen molar-refractivity contribution in [2.75, 3.05) is 0 Å². The highest BCUT2D eigenvalue weighted by Crippen LogP contribution is 2.23. The van der Waals surface area contributed by atoms with Crippen molar-refractivity contribution >= 4 is 23.5 Å². The third-order valence-electron chi connectivity index (χ3n) is 1.40. The van der Waals surface area contributed by atoms with Crippen molar-refractivity contribution in [1.82, 2.24) is 0 Å². The molecule has 6 heteroatoms. The first-order chi connectivity index (χ1) is 6.41. The molecule has 0 aromatic carbocycles. The molecular formula is C8H8ClFO4. The van der Waals surface area contributed by atoms with Gasteiger partial charge in [0.1, 0.15) is 11.7 Å². The predicted octanol–water partition coefficient (Wildman–Crippen LogP) is 1.77. The summed E-state index contributed by atoms with van der Waals surface area (Å²) in [6.07, 6.45) is 0.953. The van der Waals surface area contributed by atoms with Gasteiger partial charge in [-0.2, -0.15) is 0 Å². The lowest BCUT2D eigenvalue weighted by molar-refractivity contribution is -0.140. The second-order valence-electron chi connectivity index (χ2n) is 2.38. The molecule has 1 atom stereocenters. The molecule has 0 aliphatic carbocycles. The standard InChI is InChI=1S/C8H8ClFO4/c1-2-3-4(7(11)12)6(10)5(9)8(13)14/h2,4H,1,3H2,(H,11,12)(H,13,14)/b6-5+. The molecule has 1 unspecified atom stereocenters. The Balaban J connectivity index is 5.01. The van der Waals surface area contributed by atoms with Crippen molar-refractivity contribution in [2.45, 2.75) is 6.42 Å². The second kappa shape index (κ2) is 5.39. The van der Waals surface area contributed by atoms with Crippen LogP contribution in [-0.2, 0) is 9.59 Å². The number of allylic oxidation sites excluding steroid dienone is 1. The molecule has 2 N–H and O–H groups in total. The highest BCUT2D eigenvalue weighted by atomic mass is 35.5. The summed E-state index contributed by atoms with van der Waals surface area (Å²) in [7, 11) is 0. The molecule has 0 aromatic heterocycles. The summed E-state index contributed by atoms with van der Waals surface area (Å²) in [5.74, 6) is -6.14. The molecule has 0 saturated heterocycles. The fraction of sp³-hybridized carbons (Fsp3) is 0.250. The third-order valence-corrected chi connectivity index (χ3v) is 1.75. The first-order valence-corrected chi connectivity index (χ1v) is 3.91. The third kappa shape index (κ3) is 3.18. The maximum absolute atomic E-state index is 13.1. The summed E-state index contributed by atoms with van der Waals surface area (Å²) in [5.41, 5.74) is 0. The summed E-state index contributed by atoms with van der Waals surface area (Å²) < 4.78 is 13.1. The molecule has 78 valence electrons. The van der Waals surface area contributed by atoms with Crippen LogP contribution < -0.4 is 0 Å². The van der Waals surface area contributed by atoms with E-state index in [1.807, 2.05) is 0 Å². The number of carboxylic acids is 2. The van der Waals surface area contributed by atoms with Crippen molar-refractivity contribution in [3.05, 3.63) is 23.5 Å². The minimum atomic E-state index is -1.69. The Labute approximate surface area is 84.3 Å². The van der Waals surface area contributed by atoms with E-state index in [0.29, 0.717) is 0 Å². The van der Waals surface area contributed by atoms with Gasteiger partial charge in [-0.15, -0.1) is 6.58 Å². The zero-order valence-corrected chi connectivity index (χ0v) is 7.79. The lowest BCUT2D eigenvalue weighted by Gasteiger charge is -2.07. The van der Waals surface area contributed by atoms with Crippen LogP contribution in [0.1, 0.15) is 6.42 Å². The van der Waals surface area contributed by atoms with Crippen LogP contribution in [-0.4, -0.2) is 22.2 Å². The maximum atomic E-state index is 13.1. The summed E-state index contributed by atoms with van der Waals surface area (Å²) >= 11 is 5.05. The highest BCUT2D eigenvalue weighted by molar-refractivity contribution is 6.41. The Morgan fingerprint density at radius 3 is 2.29 bits per heavy atom. The van der Waals surface area contributed by atoms with Crippen molar-refractivity contribution in [2.24, 2.45) is 5.92 Å². The Morgan fingerprint density at radius 1 is 1.50 bits per heavy atom. The van der Waals surface area contributed by atoms with E-state index >= 15 is 0 Å². The SMILES string of the molecule is C=CCC(C(=O)O)/C(F)=C(\Cl)C(=O)O. The van der Waals surface area contributed by atoms with E-state index in [9.17, 15) is 14.0 Å². The number of aliphatic carboxylic acids is 2. The molecule has 0 heterocycles. The molecule has 0 rings (SSSR count). The number of carbonyl (C=O) groups is 2. The number of hydrogen-bond donors (Lipinski definition) is 2. The zero-order chi connectivity index (χ0) is 11.3. The number of rotatable bonds is 5. The van der Waals surface area contributed by atoms with E-state index in [0.717, 1.165) is 0 Å². The van der Waals surface area contributed by atoms with Crippen molar-refractivity contribution in [1.29, 1.82) is 0 Å². The Kier molecular flexibility index (Phi) is 4.86. The van der Waals surface area contributed by atoms with Crippen LogP contribution in [0, 0.1) is 5.92 Å². The summed E-state index contributed by atoms with van der Waals surface area (Å²) in [6, 6.07) is 0. The minimum Gasteiger partial charge on any atom is -0.481 e. The molecule has 0 saturated carbocycles. The molecule has 0 radical (unpaired) electrons. The van der Waals surface area contributed by atoms with Crippen molar-refractivity contribution in [3.63, 3.8) is 0 Å². The van der Waals surface area contributed by atoms with Gasteiger partial charge in [-0.3, -0.25) is 4.79 Å². The molecule has 0 aromatic rings. The largest absolute Gasteiger partial charge is 0.481 e. The van der Waals surface area contributed by atoms with Crippen LogP contribution in [0.15, 0.2) is 23.5 Å². The molecule has 0 aliphatic rings. The van der Waals surface area contributed by atoms with E-state index < -0.39 is 28.7 Å². The molecule has 0 fully saturated rings. The zero-order valence-electron chi connectivity index (χ0n) is 7.04. The quantitative estimate of drug-likeness (QED) is 0.549. The van der Waals surface area contributed by atoms with Gasteiger partial charge in [0.25, 0.3) is 0 Å². The van der Waals surface area contributed by atoms with E-state index in [1.165, 1.54) is 6.08 Å². The van der Waals surface area contributed by atoms with Crippen LogP contribution >= 0.6 is 11.6 Å². The average molecular weight is 223 g/mol. The lowest BCUT2D eigenvalue weighted by atomic mass is 10.0. The van der Waals surface area contributed by atoms with Gasteiger partial charge in [-0.1, -0.05) is 17.7 Å². The second-order valence-corrected chi connectivity index (χ2v) is 2.76. The summed E-state index contributed by atoms with van der Waals surface area (Å²) in [6.45, 7) is 3.23. The van der Waals surface area contributed by atoms with Crippen molar-refractivity contribution in [3.8, 4) is 0 Å². The van der Waals surface area contributed by atoms with Crippen LogP contribution in [0.25, 0.3) is 0 Å². The van der Waals surface area contributed by atoms with Gasteiger partial charge in [0.15, 0.2) is 5.03 Å². The van der Waals surface area contributed by atoms with Crippen LogP contribution in [0.5, 0.6) is 0 Å². The minimum absolute atomic E-state index is 0.218. The normalized spacial score (nSPS) is 14.1. The van der Waals surface area contributed by atoms with Gasteiger partial charge in [0, 0.05) is 0 Å². The molecular weight excluding hydrogens is 215 g/mol. The predicted molar refractivity (Wildman–Crippen MR) is 47.6 cm³/mol. The van der Waals surface area contributed by atoms with Crippen LogP contribution in [0.2, 0.25) is 0 Å². The van der Waals surface area contributed by atoms with Gasteiger partial charge in [-0.05, 0) is 6.42 Å². The van der Waals surface area contributed by atoms with Gasteiger partial charge < -0.3 is 10.2 Å². The molecule has 0 spiro atoms. The van der Waals surface area contributed by atoms with Gasteiger partial charge in [0.05, 0.1) is 0 Å². The van der Waals surface area contributed by atoms with Crippen LogP contribution in [0.4, 0.5) is 4.39 Å². The smallest absolute Gasteiger partial charge is 0.350 e. The summed E-state index contributed by atoms with van der Waals surface area (Å²) in [5, 5.41) is 15.7. The molecule has 0 aliphatic heterocycles. The highest BCUT2D eigenvalue weighted by Gasteiger charge is 2.26. The topological polar surface area (TPSA) is 74.6 Å². The Hall–Kier alpha value is -1.36. The van der Waals surface area contributed by atoms with Crippen LogP contribution in [0.3, 0.4) is 0 Å². The van der Waals surface area contributed by atoms with Gasteiger partial charge in [0.2, 0.25) is 0 Å². The fourth-order valence-electron chi connectivity index (χ4n) is 0.734. The Morgan fingerprint density at radius 2 is 2.00 bits per heavy atom. The number of carboxylic acid groups (broad SMARTS) is 2. The van der Waals surface area contributed by atoms with Gasteiger partial charge >= 0.3 is 11.9 Å². The first-order valence-electron chi connectivity index (χ1n) is 3.54. The van der Waals surface area contributed by atoms with Crippen molar-refractivity contribution < 1.29 is 24.2 Å². The average Bonchev–Trinajstić information content (AvgIpc) is 2.11.